The van der Waals surface area contributed by atoms with Crippen molar-refractivity contribution in [1.29, 1.82) is 0 Å². The molecule has 0 radical (unpaired) electrons. The van der Waals surface area contributed by atoms with Crippen LogP contribution in [0, 0.1) is 13.8 Å². The van der Waals surface area contributed by atoms with E-state index < -0.39 is 0 Å². The summed E-state index contributed by atoms with van der Waals surface area (Å²) < 4.78 is 1.03. The van der Waals surface area contributed by atoms with Crippen LogP contribution in [0.5, 0.6) is 0 Å². The number of halogens is 1. The number of rotatable bonds is 2. The van der Waals surface area contributed by atoms with Gasteiger partial charge in [0.05, 0.1) is 6.54 Å². The minimum atomic E-state index is -0.00639. The van der Waals surface area contributed by atoms with E-state index in [0.717, 1.165) is 21.2 Å². The van der Waals surface area contributed by atoms with Gasteiger partial charge in [0.2, 0.25) is 0 Å². The molecule has 0 spiro atoms. The van der Waals surface area contributed by atoms with E-state index >= 15 is 0 Å². The maximum Gasteiger partial charge on any atom is 0.176 e. The Kier molecular flexibility index (Phi) is 3.22. The van der Waals surface area contributed by atoms with Gasteiger partial charge in [-0.25, -0.2) is 0 Å². The first-order valence-corrected chi connectivity index (χ1v) is 4.86. The lowest BCUT2D eigenvalue weighted by Gasteiger charge is -2.07. The molecular formula is C10H12BrNO. The van der Waals surface area contributed by atoms with Gasteiger partial charge in [-0.15, -0.1) is 0 Å². The van der Waals surface area contributed by atoms with Crippen LogP contribution in [0.1, 0.15) is 21.5 Å². The second kappa shape index (κ2) is 4.03. The number of hydrogen-bond donors (Lipinski definition) is 1. The quantitative estimate of drug-likeness (QED) is 0.808. The van der Waals surface area contributed by atoms with Crippen LogP contribution in [-0.2, 0) is 0 Å². The fraction of sp³-hybridized carbons (Fsp3) is 0.300. The first-order chi connectivity index (χ1) is 6.07. The SMILES string of the molecule is Cc1c(Br)ccc(C(=O)CN)c1C. The third-order valence-electron chi connectivity index (χ3n) is 2.21. The molecule has 13 heavy (non-hydrogen) atoms. The van der Waals surface area contributed by atoms with E-state index in [2.05, 4.69) is 15.9 Å². The Morgan fingerprint density at radius 3 is 2.54 bits per heavy atom. The van der Waals surface area contributed by atoms with Crippen LogP contribution in [0.25, 0.3) is 0 Å². The van der Waals surface area contributed by atoms with Crippen molar-refractivity contribution in [1.82, 2.24) is 0 Å². The third-order valence-corrected chi connectivity index (χ3v) is 3.07. The summed E-state index contributed by atoms with van der Waals surface area (Å²) >= 11 is 3.41. The van der Waals surface area contributed by atoms with Crippen LogP contribution in [0.3, 0.4) is 0 Å². The number of benzene rings is 1. The maximum atomic E-state index is 11.4. The molecule has 0 bridgehead atoms. The Balaban J connectivity index is 3.26. The van der Waals surface area contributed by atoms with Crippen molar-refractivity contribution in [3.63, 3.8) is 0 Å². The number of hydrogen-bond acceptors (Lipinski definition) is 2. The lowest BCUT2D eigenvalue weighted by atomic mass is 10.0. The van der Waals surface area contributed by atoms with E-state index in [9.17, 15) is 4.79 Å². The van der Waals surface area contributed by atoms with Gasteiger partial charge < -0.3 is 5.73 Å². The topological polar surface area (TPSA) is 43.1 Å². The van der Waals surface area contributed by atoms with Gasteiger partial charge in [-0.05, 0) is 37.1 Å². The van der Waals surface area contributed by atoms with Crippen molar-refractivity contribution in [2.75, 3.05) is 6.54 Å². The number of nitrogens with two attached hydrogens (primary N) is 1. The summed E-state index contributed by atoms with van der Waals surface area (Å²) in [5.74, 6) is -0.00639. The second-order valence-corrected chi connectivity index (χ2v) is 3.83. The molecule has 1 aromatic rings. The van der Waals surface area contributed by atoms with Crippen molar-refractivity contribution in [3.8, 4) is 0 Å². The molecule has 2 N–H and O–H groups in total. The van der Waals surface area contributed by atoms with E-state index in [1.54, 1.807) is 0 Å². The number of carbonyl (C=O) groups excluding carboxylic acids is 1. The van der Waals surface area contributed by atoms with E-state index in [0.29, 0.717) is 0 Å². The first-order valence-electron chi connectivity index (χ1n) is 4.07. The Hall–Kier alpha value is -0.670. The van der Waals surface area contributed by atoms with E-state index in [1.165, 1.54) is 0 Å². The smallest absolute Gasteiger partial charge is 0.176 e. The molecule has 0 aromatic heterocycles. The average Bonchev–Trinajstić information content (AvgIpc) is 2.13. The van der Waals surface area contributed by atoms with E-state index in [-0.39, 0.29) is 12.3 Å². The summed E-state index contributed by atoms with van der Waals surface area (Å²) in [5, 5.41) is 0. The highest BCUT2D eigenvalue weighted by molar-refractivity contribution is 9.10. The van der Waals surface area contributed by atoms with Crippen LogP contribution in [0.15, 0.2) is 16.6 Å². The molecule has 0 unspecified atom stereocenters. The minimum absolute atomic E-state index is 0.00639. The van der Waals surface area contributed by atoms with E-state index in [1.807, 2.05) is 26.0 Å². The molecule has 0 aliphatic heterocycles. The standard InChI is InChI=1S/C10H12BrNO/c1-6-7(2)9(11)4-3-8(6)10(13)5-12/h3-4H,5,12H2,1-2H3. The molecule has 0 aliphatic rings. The number of ketones is 1. The van der Waals surface area contributed by atoms with Gasteiger partial charge in [0, 0.05) is 10.0 Å². The molecule has 0 aliphatic carbocycles. The van der Waals surface area contributed by atoms with Crippen molar-refractivity contribution in [3.05, 3.63) is 33.3 Å². The van der Waals surface area contributed by atoms with Gasteiger partial charge in [0.15, 0.2) is 5.78 Å². The van der Waals surface area contributed by atoms with Crippen molar-refractivity contribution >= 4 is 21.7 Å². The van der Waals surface area contributed by atoms with E-state index in [4.69, 9.17) is 5.73 Å². The minimum Gasteiger partial charge on any atom is -0.324 e. The highest BCUT2D eigenvalue weighted by Crippen LogP contribution is 2.22. The van der Waals surface area contributed by atoms with Gasteiger partial charge in [-0.2, -0.15) is 0 Å². The average molecular weight is 242 g/mol. The molecule has 0 saturated heterocycles. The monoisotopic (exact) mass is 241 g/mol. The number of Topliss-reactive ketones (excluding diaryl/α,β-unsaturated/α-hetero) is 1. The lowest BCUT2D eigenvalue weighted by molar-refractivity contribution is 0.100. The van der Waals surface area contributed by atoms with Gasteiger partial charge >= 0.3 is 0 Å². The largest absolute Gasteiger partial charge is 0.324 e. The Bertz CT molecular complexity index is 347. The Morgan fingerprint density at radius 2 is 2.00 bits per heavy atom. The maximum absolute atomic E-state index is 11.4. The summed E-state index contributed by atoms with van der Waals surface area (Å²) in [4.78, 5) is 11.4. The molecule has 0 amide bonds. The molecule has 70 valence electrons. The first kappa shape index (κ1) is 10.4. The van der Waals surface area contributed by atoms with Crippen molar-refractivity contribution in [2.45, 2.75) is 13.8 Å². The van der Waals surface area contributed by atoms with Crippen LogP contribution in [-0.4, -0.2) is 12.3 Å². The Morgan fingerprint density at radius 1 is 1.38 bits per heavy atom. The molecule has 3 heteroatoms. The zero-order valence-electron chi connectivity index (χ0n) is 7.73. The Labute approximate surface area is 86.3 Å². The zero-order valence-corrected chi connectivity index (χ0v) is 9.31. The van der Waals surface area contributed by atoms with Gasteiger partial charge in [-0.1, -0.05) is 15.9 Å². The second-order valence-electron chi connectivity index (χ2n) is 2.97. The highest BCUT2D eigenvalue weighted by atomic mass is 79.9. The molecular weight excluding hydrogens is 230 g/mol. The fourth-order valence-electron chi connectivity index (χ4n) is 1.20. The normalized spacial score (nSPS) is 10.2. The van der Waals surface area contributed by atoms with Gasteiger partial charge in [0.25, 0.3) is 0 Å². The summed E-state index contributed by atoms with van der Waals surface area (Å²) in [6.45, 7) is 3.98. The predicted molar refractivity (Wildman–Crippen MR) is 57.0 cm³/mol. The molecule has 1 aromatic carbocycles. The van der Waals surface area contributed by atoms with Crippen LogP contribution in [0.2, 0.25) is 0 Å². The van der Waals surface area contributed by atoms with Crippen molar-refractivity contribution in [2.24, 2.45) is 5.73 Å². The summed E-state index contributed by atoms with van der Waals surface area (Å²) in [7, 11) is 0. The molecule has 2 nitrogen and oxygen atoms in total. The summed E-state index contributed by atoms with van der Waals surface area (Å²) in [5.41, 5.74) is 8.13. The fourth-order valence-corrected chi connectivity index (χ4v) is 1.63. The molecule has 0 fully saturated rings. The van der Waals surface area contributed by atoms with Crippen LogP contribution in [0.4, 0.5) is 0 Å². The van der Waals surface area contributed by atoms with Gasteiger partial charge in [0.1, 0.15) is 0 Å². The van der Waals surface area contributed by atoms with Gasteiger partial charge in [-0.3, -0.25) is 4.79 Å². The molecule has 0 atom stereocenters. The van der Waals surface area contributed by atoms with Crippen LogP contribution < -0.4 is 5.73 Å². The molecule has 0 saturated carbocycles. The zero-order chi connectivity index (χ0) is 10.0. The number of carbonyl (C=O) groups is 1. The summed E-state index contributed by atoms with van der Waals surface area (Å²) in [6, 6.07) is 3.69. The molecule has 0 heterocycles. The molecule has 1 rings (SSSR count). The van der Waals surface area contributed by atoms with Crippen molar-refractivity contribution < 1.29 is 4.79 Å². The lowest BCUT2D eigenvalue weighted by Crippen LogP contribution is -2.15. The highest BCUT2D eigenvalue weighted by Gasteiger charge is 2.09. The van der Waals surface area contributed by atoms with Crippen LogP contribution >= 0.6 is 15.9 Å². The predicted octanol–water partition coefficient (Wildman–Crippen LogP) is 2.21. The third kappa shape index (κ3) is 1.98. The summed E-state index contributed by atoms with van der Waals surface area (Å²) in [6.07, 6.45) is 0.